The monoisotopic (exact) mass is 365 g/mol. The summed E-state index contributed by atoms with van der Waals surface area (Å²) in [4.78, 5) is 14.6. The zero-order chi connectivity index (χ0) is 17.6. The summed E-state index contributed by atoms with van der Waals surface area (Å²) in [6.07, 6.45) is 4.41. The molecule has 138 valence electrons. The van der Waals surface area contributed by atoms with Gasteiger partial charge in [0, 0.05) is 19.6 Å². The quantitative estimate of drug-likeness (QED) is 0.813. The Labute approximate surface area is 155 Å². The Balaban J connectivity index is 1.47. The Bertz CT molecular complexity index is 590. The lowest BCUT2D eigenvalue weighted by atomic mass is 9.97. The molecule has 2 aliphatic rings. The van der Waals surface area contributed by atoms with E-state index in [9.17, 15) is 4.79 Å². The lowest BCUT2D eigenvalue weighted by Gasteiger charge is -2.33. The number of methoxy groups -OCH3 is 1. The predicted octanol–water partition coefficient (Wildman–Crippen LogP) is 2.43. The van der Waals surface area contributed by atoms with Crippen LogP contribution in [-0.4, -0.2) is 50.1 Å². The van der Waals surface area contributed by atoms with Crippen LogP contribution in [0.3, 0.4) is 0 Å². The maximum atomic E-state index is 12.1. The second kappa shape index (κ2) is 8.88. The molecule has 5 nitrogen and oxygen atoms in total. The van der Waals surface area contributed by atoms with Crippen molar-refractivity contribution in [1.29, 1.82) is 0 Å². The second-order valence-corrected chi connectivity index (χ2v) is 7.51. The van der Waals surface area contributed by atoms with Crippen molar-refractivity contribution in [2.45, 2.75) is 38.3 Å². The number of carbonyl (C=O) groups is 1. The lowest BCUT2D eigenvalue weighted by Crippen LogP contribution is -2.45. The van der Waals surface area contributed by atoms with Crippen LogP contribution in [0.1, 0.15) is 31.2 Å². The highest BCUT2D eigenvalue weighted by atomic mass is 35.5. The molecule has 0 aromatic heterocycles. The number of rotatable bonds is 6. The Hall–Kier alpha value is -1.30. The number of amides is 1. The van der Waals surface area contributed by atoms with E-state index in [2.05, 4.69) is 21.6 Å². The van der Waals surface area contributed by atoms with Gasteiger partial charge in [0.1, 0.15) is 5.75 Å². The van der Waals surface area contributed by atoms with Crippen LogP contribution < -0.4 is 15.4 Å². The van der Waals surface area contributed by atoms with Crippen molar-refractivity contribution >= 4 is 17.5 Å². The van der Waals surface area contributed by atoms with Gasteiger partial charge in [-0.2, -0.15) is 0 Å². The van der Waals surface area contributed by atoms with Gasteiger partial charge in [-0.1, -0.05) is 17.7 Å². The molecule has 1 amide bonds. The zero-order valence-corrected chi connectivity index (χ0v) is 15.6. The van der Waals surface area contributed by atoms with Crippen molar-refractivity contribution in [3.63, 3.8) is 0 Å². The molecular formula is C19H28ClN3O2. The van der Waals surface area contributed by atoms with Crippen molar-refractivity contribution in [3.05, 3.63) is 28.8 Å². The van der Waals surface area contributed by atoms with Gasteiger partial charge in [0.2, 0.25) is 5.91 Å². The first-order valence-corrected chi connectivity index (χ1v) is 9.59. The summed E-state index contributed by atoms with van der Waals surface area (Å²) in [5.74, 6) is 1.40. The van der Waals surface area contributed by atoms with Gasteiger partial charge in [-0.3, -0.25) is 9.69 Å². The van der Waals surface area contributed by atoms with Crippen LogP contribution in [0.2, 0.25) is 5.02 Å². The van der Waals surface area contributed by atoms with Crippen LogP contribution in [0.4, 0.5) is 0 Å². The van der Waals surface area contributed by atoms with Gasteiger partial charge < -0.3 is 15.4 Å². The highest BCUT2D eigenvalue weighted by Gasteiger charge is 2.24. The molecule has 2 heterocycles. The normalized spacial score (nSPS) is 24.2. The van der Waals surface area contributed by atoms with Crippen LogP contribution in [0.5, 0.6) is 5.75 Å². The van der Waals surface area contributed by atoms with Gasteiger partial charge in [-0.15, -0.1) is 0 Å². The fraction of sp³-hybridized carbons (Fsp3) is 0.632. The molecule has 25 heavy (non-hydrogen) atoms. The summed E-state index contributed by atoms with van der Waals surface area (Å²) >= 11 is 6.23. The summed E-state index contributed by atoms with van der Waals surface area (Å²) in [5, 5.41) is 7.05. The predicted molar refractivity (Wildman–Crippen MR) is 100 cm³/mol. The van der Waals surface area contributed by atoms with Crippen molar-refractivity contribution in [2.75, 3.05) is 33.3 Å². The molecule has 2 fully saturated rings. The average molecular weight is 366 g/mol. The zero-order valence-electron chi connectivity index (χ0n) is 14.9. The van der Waals surface area contributed by atoms with Crippen LogP contribution in [0, 0.1) is 5.92 Å². The first kappa shape index (κ1) is 18.5. The smallest absolute Gasteiger partial charge is 0.237 e. The number of halogens is 1. The summed E-state index contributed by atoms with van der Waals surface area (Å²) in [6.45, 7) is 4.73. The van der Waals surface area contributed by atoms with E-state index in [0.717, 1.165) is 45.6 Å². The van der Waals surface area contributed by atoms with E-state index in [0.29, 0.717) is 16.7 Å². The molecule has 2 unspecified atom stereocenters. The van der Waals surface area contributed by atoms with Crippen molar-refractivity contribution in [2.24, 2.45) is 5.92 Å². The molecule has 1 aromatic rings. The number of hydrogen-bond acceptors (Lipinski definition) is 4. The number of nitrogens with zero attached hydrogens (tertiary/aromatic N) is 1. The molecule has 2 atom stereocenters. The maximum Gasteiger partial charge on any atom is 0.237 e. The summed E-state index contributed by atoms with van der Waals surface area (Å²) in [5.41, 5.74) is 1.20. The molecule has 3 rings (SSSR count). The van der Waals surface area contributed by atoms with E-state index in [1.54, 1.807) is 7.11 Å². The minimum atomic E-state index is 0.0149. The van der Waals surface area contributed by atoms with Gasteiger partial charge in [0.05, 0.1) is 18.2 Å². The Morgan fingerprint density at radius 2 is 2.28 bits per heavy atom. The Morgan fingerprint density at radius 1 is 1.40 bits per heavy atom. The summed E-state index contributed by atoms with van der Waals surface area (Å²) < 4.78 is 5.21. The second-order valence-electron chi connectivity index (χ2n) is 7.11. The minimum absolute atomic E-state index is 0.0149. The molecule has 2 saturated heterocycles. The van der Waals surface area contributed by atoms with E-state index in [1.165, 1.54) is 18.4 Å². The standard InChI is InChI=1S/C19H28ClN3O2/c1-25-18-7-6-14(10-16(18)20)12-23-9-3-4-15(13-23)11-22-19(24)17-5-2-8-21-17/h6-7,10,15,17,21H,2-5,8-9,11-13H2,1H3,(H,22,24). The Morgan fingerprint density at radius 3 is 3.00 bits per heavy atom. The third kappa shape index (κ3) is 5.09. The van der Waals surface area contributed by atoms with E-state index in [1.807, 2.05) is 12.1 Å². The number of carbonyl (C=O) groups excluding carboxylic acids is 1. The van der Waals surface area contributed by atoms with Crippen molar-refractivity contribution in [3.8, 4) is 5.75 Å². The third-order valence-electron chi connectivity index (χ3n) is 5.17. The van der Waals surface area contributed by atoms with Crippen LogP contribution in [-0.2, 0) is 11.3 Å². The lowest BCUT2D eigenvalue weighted by molar-refractivity contribution is -0.123. The number of nitrogens with one attached hydrogen (secondary N) is 2. The molecule has 0 spiro atoms. The van der Waals surface area contributed by atoms with E-state index in [4.69, 9.17) is 16.3 Å². The molecule has 6 heteroatoms. The van der Waals surface area contributed by atoms with E-state index in [-0.39, 0.29) is 11.9 Å². The molecule has 2 aliphatic heterocycles. The Kier molecular flexibility index (Phi) is 6.57. The molecule has 1 aromatic carbocycles. The molecule has 0 bridgehead atoms. The number of hydrogen-bond donors (Lipinski definition) is 2. The van der Waals surface area contributed by atoms with E-state index < -0.39 is 0 Å². The van der Waals surface area contributed by atoms with Crippen molar-refractivity contribution in [1.82, 2.24) is 15.5 Å². The minimum Gasteiger partial charge on any atom is -0.495 e. The fourth-order valence-electron chi connectivity index (χ4n) is 3.80. The van der Waals surface area contributed by atoms with Crippen LogP contribution in [0.15, 0.2) is 18.2 Å². The maximum absolute atomic E-state index is 12.1. The summed E-state index contributed by atoms with van der Waals surface area (Å²) in [6, 6.07) is 5.99. The number of piperidine rings is 1. The molecular weight excluding hydrogens is 338 g/mol. The van der Waals surface area contributed by atoms with Gasteiger partial charge in [0.25, 0.3) is 0 Å². The molecule has 0 radical (unpaired) electrons. The molecule has 2 N–H and O–H groups in total. The first-order chi connectivity index (χ1) is 12.2. The van der Waals surface area contributed by atoms with Crippen LogP contribution in [0.25, 0.3) is 0 Å². The van der Waals surface area contributed by atoms with Crippen LogP contribution >= 0.6 is 11.6 Å². The third-order valence-corrected chi connectivity index (χ3v) is 5.46. The number of likely N-dealkylation sites (tertiary alicyclic amines) is 1. The first-order valence-electron chi connectivity index (χ1n) is 9.21. The topological polar surface area (TPSA) is 53.6 Å². The number of ether oxygens (including phenoxy) is 1. The molecule has 0 saturated carbocycles. The number of benzene rings is 1. The van der Waals surface area contributed by atoms with Gasteiger partial charge in [-0.05, 0) is 62.4 Å². The fourth-order valence-corrected chi connectivity index (χ4v) is 4.08. The van der Waals surface area contributed by atoms with Crippen molar-refractivity contribution < 1.29 is 9.53 Å². The van der Waals surface area contributed by atoms with E-state index >= 15 is 0 Å². The largest absolute Gasteiger partial charge is 0.495 e. The van der Waals surface area contributed by atoms with Gasteiger partial charge in [0.15, 0.2) is 0 Å². The summed E-state index contributed by atoms with van der Waals surface area (Å²) in [7, 11) is 1.63. The van der Waals surface area contributed by atoms with Gasteiger partial charge >= 0.3 is 0 Å². The molecule has 0 aliphatic carbocycles. The average Bonchev–Trinajstić information content (AvgIpc) is 3.15. The highest BCUT2D eigenvalue weighted by Crippen LogP contribution is 2.26. The SMILES string of the molecule is COc1ccc(CN2CCCC(CNC(=O)C3CCCN3)C2)cc1Cl. The highest BCUT2D eigenvalue weighted by molar-refractivity contribution is 6.32. The van der Waals surface area contributed by atoms with Gasteiger partial charge in [-0.25, -0.2) is 0 Å².